The van der Waals surface area contributed by atoms with Crippen molar-refractivity contribution in [2.45, 2.75) is 43.7 Å². The maximum absolute atomic E-state index is 13.5. The van der Waals surface area contributed by atoms with E-state index >= 15 is 0 Å². The molecule has 0 saturated heterocycles. The molecule has 21 heavy (non-hydrogen) atoms. The SMILES string of the molecule is O=C(NC1COc2cc(F)c(Br)cc21)C1(O)CCCCC1. The topological polar surface area (TPSA) is 58.6 Å². The first-order valence-electron chi connectivity index (χ1n) is 7.15. The number of fused-ring (bicyclic) bond motifs is 1. The van der Waals surface area contributed by atoms with E-state index in [1.165, 1.54) is 6.07 Å². The highest BCUT2D eigenvalue weighted by Gasteiger charge is 2.39. The summed E-state index contributed by atoms with van der Waals surface area (Å²) in [5.74, 6) is -0.313. The molecular formula is C15H17BrFNO3. The van der Waals surface area contributed by atoms with E-state index in [4.69, 9.17) is 4.74 Å². The molecule has 6 heteroatoms. The number of carbonyl (C=O) groups is 1. The Hall–Kier alpha value is -1.14. The number of benzene rings is 1. The summed E-state index contributed by atoms with van der Waals surface area (Å²) >= 11 is 3.14. The van der Waals surface area contributed by atoms with Crippen LogP contribution in [0.3, 0.4) is 0 Å². The number of ether oxygens (including phenoxy) is 1. The Morgan fingerprint density at radius 2 is 2.10 bits per heavy atom. The lowest BCUT2D eigenvalue weighted by atomic mass is 9.84. The van der Waals surface area contributed by atoms with Gasteiger partial charge in [0, 0.05) is 11.6 Å². The van der Waals surface area contributed by atoms with Gasteiger partial charge in [0.25, 0.3) is 5.91 Å². The molecule has 4 nitrogen and oxygen atoms in total. The number of rotatable bonds is 2. The summed E-state index contributed by atoms with van der Waals surface area (Å²) < 4.78 is 19.2. The second-order valence-corrected chi connectivity index (χ2v) is 6.59. The third-order valence-electron chi connectivity index (χ3n) is 4.24. The molecule has 1 aliphatic heterocycles. The molecule has 1 saturated carbocycles. The zero-order valence-electron chi connectivity index (χ0n) is 11.5. The van der Waals surface area contributed by atoms with Gasteiger partial charge in [-0.15, -0.1) is 0 Å². The molecule has 0 spiro atoms. The minimum absolute atomic E-state index is 0.257. The van der Waals surface area contributed by atoms with Gasteiger partial charge in [-0.05, 0) is 34.8 Å². The minimum Gasteiger partial charge on any atom is -0.491 e. The number of amides is 1. The third-order valence-corrected chi connectivity index (χ3v) is 4.85. The molecule has 1 unspecified atom stereocenters. The Bertz CT molecular complexity index is 572. The molecule has 1 aromatic rings. The standard InChI is InChI=1S/C15H17BrFNO3/c16-10-6-9-12(8-21-13(9)7-11(10)17)18-14(19)15(20)4-2-1-3-5-15/h6-7,12,20H,1-5,8H2,(H,18,19). The molecule has 0 bridgehead atoms. The maximum atomic E-state index is 13.5. The molecule has 114 valence electrons. The number of aliphatic hydroxyl groups is 1. The van der Waals surface area contributed by atoms with Crippen LogP contribution in [-0.4, -0.2) is 23.2 Å². The van der Waals surface area contributed by atoms with Crippen LogP contribution in [0, 0.1) is 5.82 Å². The van der Waals surface area contributed by atoms with Crippen LogP contribution in [0.1, 0.15) is 43.7 Å². The van der Waals surface area contributed by atoms with E-state index in [9.17, 15) is 14.3 Å². The molecule has 1 atom stereocenters. The predicted molar refractivity (Wildman–Crippen MR) is 78.5 cm³/mol. The van der Waals surface area contributed by atoms with E-state index in [0.29, 0.717) is 23.1 Å². The van der Waals surface area contributed by atoms with Gasteiger partial charge in [0.15, 0.2) is 0 Å². The summed E-state index contributed by atoms with van der Waals surface area (Å²) in [7, 11) is 0. The fourth-order valence-electron chi connectivity index (χ4n) is 2.98. The average molecular weight is 358 g/mol. The summed E-state index contributed by atoms with van der Waals surface area (Å²) in [4.78, 5) is 12.3. The van der Waals surface area contributed by atoms with Gasteiger partial charge in [0.05, 0.1) is 10.5 Å². The lowest BCUT2D eigenvalue weighted by Gasteiger charge is -2.31. The first kappa shape index (κ1) is 14.8. The van der Waals surface area contributed by atoms with Crippen LogP contribution < -0.4 is 10.1 Å². The molecule has 0 radical (unpaired) electrons. The van der Waals surface area contributed by atoms with Gasteiger partial charge in [-0.3, -0.25) is 4.79 Å². The Kier molecular flexibility index (Phi) is 3.92. The quantitative estimate of drug-likeness (QED) is 0.855. The smallest absolute Gasteiger partial charge is 0.252 e. The summed E-state index contributed by atoms with van der Waals surface area (Å²) in [6, 6.07) is 2.57. The van der Waals surface area contributed by atoms with Gasteiger partial charge in [-0.1, -0.05) is 19.3 Å². The molecule has 3 rings (SSSR count). The molecule has 2 aliphatic rings. The van der Waals surface area contributed by atoms with Gasteiger partial charge in [-0.25, -0.2) is 4.39 Å². The van der Waals surface area contributed by atoms with Crippen LogP contribution in [-0.2, 0) is 4.79 Å². The van der Waals surface area contributed by atoms with E-state index in [0.717, 1.165) is 24.8 Å². The van der Waals surface area contributed by atoms with Crippen LogP contribution in [0.15, 0.2) is 16.6 Å². The number of halogens is 2. The fraction of sp³-hybridized carbons (Fsp3) is 0.533. The van der Waals surface area contributed by atoms with Gasteiger partial charge in [-0.2, -0.15) is 0 Å². The van der Waals surface area contributed by atoms with Crippen molar-refractivity contribution < 1.29 is 19.0 Å². The van der Waals surface area contributed by atoms with Crippen molar-refractivity contribution in [2.24, 2.45) is 0 Å². The van der Waals surface area contributed by atoms with E-state index in [1.807, 2.05) is 0 Å². The Morgan fingerprint density at radius 3 is 2.81 bits per heavy atom. The molecule has 2 N–H and O–H groups in total. The Morgan fingerprint density at radius 1 is 1.38 bits per heavy atom. The monoisotopic (exact) mass is 357 g/mol. The van der Waals surface area contributed by atoms with Crippen LogP contribution in [0.4, 0.5) is 4.39 Å². The summed E-state index contributed by atoms with van der Waals surface area (Å²) in [6.45, 7) is 0.257. The van der Waals surface area contributed by atoms with E-state index in [1.54, 1.807) is 6.07 Å². The van der Waals surface area contributed by atoms with Crippen molar-refractivity contribution >= 4 is 21.8 Å². The van der Waals surface area contributed by atoms with Crippen molar-refractivity contribution in [2.75, 3.05) is 6.61 Å². The highest BCUT2D eigenvalue weighted by atomic mass is 79.9. The number of hydrogen-bond donors (Lipinski definition) is 2. The van der Waals surface area contributed by atoms with Gasteiger partial charge in [0.1, 0.15) is 23.8 Å². The molecule has 1 amide bonds. The first-order valence-corrected chi connectivity index (χ1v) is 7.94. The highest BCUT2D eigenvalue weighted by molar-refractivity contribution is 9.10. The van der Waals surface area contributed by atoms with Crippen molar-refractivity contribution in [3.8, 4) is 5.75 Å². The average Bonchev–Trinajstić information content (AvgIpc) is 2.82. The summed E-state index contributed by atoms with van der Waals surface area (Å²) in [5, 5.41) is 13.3. The van der Waals surface area contributed by atoms with Crippen LogP contribution in [0.5, 0.6) is 5.75 Å². The van der Waals surface area contributed by atoms with Crippen molar-refractivity contribution in [3.05, 3.63) is 28.0 Å². The van der Waals surface area contributed by atoms with Gasteiger partial charge in [0.2, 0.25) is 0 Å². The van der Waals surface area contributed by atoms with Crippen molar-refractivity contribution in [1.29, 1.82) is 0 Å². The van der Waals surface area contributed by atoms with Crippen LogP contribution in [0.2, 0.25) is 0 Å². The van der Waals surface area contributed by atoms with E-state index < -0.39 is 11.4 Å². The largest absolute Gasteiger partial charge is 0.491 e. The number of carbonyl (C=O) groups excluding carboxylic acids is 1. The van der Waals surface area contributed by atoms with Crippen LogP contribution in [0.25, 0.3) is 0 Å². The Labute approximate surface area is 130 Å². The van der Waals surface area contributed by atoms with Crippen molar-refractivity contribution in [1.82, 2.24) is 5.32 Å². The van der Waals surface area contributed by atoms with Crippen molar-refractivity contribution in [3.63, 3.8) is 0 Å². The Balaban J connectivity index is 1.76. The second kappa shape index (κ2) is 5.57. The first-order chi connectivity index (χ1) is 9.99. The van der Waals surface area contributed by atoms with Gasteiger partial charge >= 0.3 is 0 Å². The number of nitrogens with one attached hydrogen (secondary N) is 1. The van der Waals surface area contributed by atoms with Gasteiger partial charge < -0.3 is 15.2 Å². The van der Waals surface area contributed by atoms with Crippen LogP contribution >= 0.6 is 15.9 Å². The molecular weight excluding hydrogens is 341 g/mol. The lowest BCUT2D eigenvalue weighted by Crippen LogP contribution is -2.49. The molecule has 1 heterocycles. The zero-order valence-corrected chi connectivity index (χ0v) is 13.1. The maximum Gasteiger partial charge on any atom is 0.252 e. The highest BCUT2D eigenvalue weighted by Crippen LogP contribution is 2.37. The second-order valence-electron chi connectivity index (χ2n) is 5.73. The zero-order chi connectivity index (χ0) is 15.0. The molecule has 1 fully saturated rings. The molecule has 1 aliphatic carbocycles. The van der Waals surface area contributed by atoms with E-state index in [-0.39, 0.29) is 18.6 Å². The summed E-state index contributed by atoms with van der Waals surface area (Å²) in [5.41, 5.74) is -0.547. The molecule has 1 aromatic carbocycles. The van der Waals surface area contributed by atoms with E-state index in [2.05, 4.69) is 21.2 Å². The minimum atomic E-state index is -1.28. The predicted octanol–water partition coefficient (Wildman–Crippen LogP) is 2.83. The molecule has 0 aromatic heterocycles. The lowest BCUT2D eigenvalue weighted by molar-refractivity contribution is -0.144. The fourth-order valence-corrected chi connectivity index (χ4v) is 3.34. The normalized spacial score (nSPS) is 23.3. The third kappa shape index (κ3) is 2.79. The number of hydrogen-bond acceptors (Lipinski definition) is 3. The summed E-state index contributed by atoms with van der Waals surface area (Å²) in [6.07, 6.45) is 3.76.